The molecule has 0 radical (unpaired) electrons. The number of aromatic nitrogens is 1. The summed E-state index contributed by atoms with van der Waals surface area (Å²) in [4.78, 5) is 2.27. The summed E-state index contributed by atoms with van der Waals surface area (Å²) in [5.74, 6) is 0. The Morgan fingerprint density at radius 3 is 2.60 bits per heavy atom. The van der Waals surface area contributed by atoms with Crippen LogP contribution >= 0.6 is 15.9 Å². The monoisotopic (exact) mass is 325 g/mol. The first-order valence-electron chi connectivity index (χ1n) is 4.65. The Kier molecular flexibility index (Phi) is 2.32. The van der Waals surface area contributed by atoms with Crippen molar-refractivity contribution in [3.63, 3.8) is 0 Å². The standard InChI is InChI=1S/C12H8BrNSe/c13-9-1-3-10(4-2-9)14-7-5-12-11(14)6-8-15-12/h1-8H. The predicted octanol–water partition coefficient (Wildman–Crippen LogP) is 3.45. The van der Waals surface area contributed by atoms with Gasteiger partial charge < -0.3 is 0 Å². The van der Waals surface area contributed by atoms with Crippen molar-refractivity contribution in [1.82, 2.24) is 4.57 Å². The fraction of sp³-hybridized carbons (Fsp3) is 0. The first kappa shape index (κ1) is 9.46. The summed E-state index contributed by atoms with van der Waals surface area (Å²) in [6.45, 7) is 0. The molecule has 0 fully saturated rings. The zero-order chi connectivity index (χ0) is 10.3. The number of hydrogen-bond acceptors (Lipinski definition) is 0. The molecule has 0 aliphatic heterocycles. The fourth-order valence-corrected chi connectivity index (χ4v) is 3.57. The summed E-state index contributed by atoms with van der Waals surface area (Å²) in [6.07, 6.45) is 2.15. The first-order chi connectivity index (χ1) is 7.34. The van der Waals surface area contributed by atoms with Gasteiger partial charge in [0.05, 0.1) is 0 Å². The number of hydrogen-bond donors (Lipinski definition) is 0. The molecule has 0 atom stereocenters. The van der Waals surface area contributed by atoms with Gasteiger partial charge in [-0.3, -0.25) is 0 Å². The van der Waals surface area contributed by atoms with E-state index in [0.29, 0.717) is 14.5 Å². The average molecular weight is 325 g/mol. The number of halogens is 1. The van der Waals surface area contributed by atoms with E-state index in [1.165, 1.54) is 15.5 Å². The van der Waals surface area contributed by atoms with Gasteiger partial charge in [-0.25, -0.2) is 0 Å². The Bertz CT molecular complexity index is 591. The maximum absolute atomic E-state index is 3.45. The Hall–Kier alpha value is -0.761. The van der Waals surface area contributed by atoms with Gasteiger partial charge >= 0.3 is 102 Å². The van der Waals surface area contributed by atoms with E-state index in [0.717, 1.165) is 4.47 Å². The average Bonchev–Trinajstić information content (AvgIpc) is 2.80. The minimum atomic E-state index is 0.538. The van der Waals surface area contributed by atoms with Gasteiger partial charge in [0.2, 0.25) is 0 Å². The van der Waals surface area contributed by atoms with Crippen molar-refractivity contribution in [2.75, 3.05) is 0 Å². The molecular formula is C12H8BrNSe. The van der Waals surface area contributed by atoms with Crippen LogP contribution in [0.3, 0.4) is 0 Å². The van der Waals surface area contributed by atoms with E-state index in [4.69, 9.17) is 0 Å². The number of fused-ring (bicyclic) bond motifs is 1. The molecule has 0 bridgehead atoms. The summed E-state index contributed by atoms with van der Waals surface area (Å²) >= 11 is 3.99. The molecule has 2 aromatic heterocycles. The summed E-state index contributed by atoms with van der Waals surface area (Å²) in [6, 6.07) is 12.8. The Balaban J connectivity index is 2.21. The third kappa shape index (κ3) is 1.61. The molecule has 0 spiro atoms. The van der Waals surface area contributed by atoms with E-state index in [9.17, 15) is 0 Å². The second-order valence-electron chi connectivity index (χ2n) is 3.33. The van der Waals surface area contributed by atoms with Gasteiger partial charge in [0.1, 0.15) is 0 Å². The third-order valence-electron chi connectivity index (χ3n) is 2.41. The van der Waals surface area contributed by atoms with Gasteiger partial charge in [-0.1, -0.05) is 0 Å². The van der Waals surface area contributed by atoms with Crippen LogP contribution in [0.15, 0.2) is 52.0 Å². The molecule has 0 saturated carbocycles. The van der Waals surface area contributed by atoms with Gasteiger partial charge in [0, 0.05) is 0 Å². The van der Waals surface area contributed by atoms with Crippen molar-refractivity contribution in [2.45, 2.75) is 0 Å². The molecule has 0 amide bonds. The third-order valence-corrected chi connectivity index (χ3v) is 4.77. The van der Waals surface area contributed by atoms with E-state index < -0.39 is 0 Å². The zero-order valence-electron chi connectivity index (χ0n) is 7.85. The van der Waals surface area contributed by atoms with Crippen molar-refractivity contribution in [3.8, 4) is 5.69 Å². The number of nitrogens with zero attached hydrogens (tertiary/aromatic N) is 1. The van der Waals surface area contributed by atoms with Crippen LogP contribution in [0.25, 0.3) is 15.5 Å². The van der Waals surface area contributed by atoms with E-state index in [-0.39, 0.29) is 0 Å². The van der Waals surface area contributed by atoms with E-state index >= 15 is 0 Å². The summed E-state index contributed by atoms with van der Waals surface area (Å²) in [7, 11) is 0. The van der Waals surface area contributed by atoms with Crippen molar-refractivity contribution in [2.24, 2.45) is 0 Å². The van der Waals surface area contributed by atoms with Crippen LogP contribution in [0.2, 0.25) is 0 Å². The van der Waals surface area contributed by atoms with Crippen LogP contribution in [0, 0.1) is 0 Å². The second kappa shape index (κ2) is 3.67. The van der Waals surface area contributed by atoms with E-state index in [1.807, 2.05) is 0 Å². The first-order valence-corrected chi connectivity index (χ1v) is 7.29. The van der Waals surface area contributed by atoms with Crippen LogP contribution < -0.4 is 0 Å². The normalized spacial score (nSPS) is 11.0. The zero-order valence-corrected chi connectivity index (χ0v) is 11.2. The number of rotatable bonds is 1. The fourth-order valence-electron chi connectivity index (χ4n) is 1.69. The molecule has 0 aliphatic carbocycles. The van der Waals surface area contributed by atoms with Gasteiger partial charge in [-0.05, 0) is 0 Å². The topological polar surface area (TPSA) is 4.93 Å². The van der Waals surface area contributed by atoms with Crippen molar-refractivity contribution in [3.05, 3.63) is 52.0 Å². The predicted molar refractivity (Wildman–Crippen MR) is 67.9 cm³/mol. The molecule has 3 rings (SSSR count). The Labute approximate surface area is 102 Å². The van der Waals surface area contributed by atoms with Gasteiger partial charge in [0.25, 0.3) is 0 Å². The molecule has 3 aromatic rings. The molecule has 0 saturated heterocycles. The van der Waals surface area contributed by atoms with E-state index in [2.05, 4.69) is 68.0 Å². The molecule has 1 nitrogen and oxygen atoms in total. The molecule has 0 N–H and O–H groups in total. The van der Waals surface area contributed by atoms with E-state index in [1.54, 1.807) is 0 Å². The molecule has 1 aromatic carbocycles. The second-order valence-corrected chi connectivity index (χ2v) is 6.24. The minimum absolute atomic E-state index is 0.538. The van der Waals surface area contributed by atoms with Crippen LogP contribution in [0.4, 0.5) is 0 Å². The van der Waals surface area contributed by atoms with Gasteiger partial charge in [-0.15, -0.1) is 0 Å². The van der Waals surface area contributed by atoms with Gasteiger partial charge in [0.15, 0.2) is 0 Å². The van der Waals surface area contributed by atoms with Crippen molar-refractivity contribution >= 4 is 40.2 Å². The molecule has 74 valence electrons. The SMILES string of the molecule is Brc1ccc(-n2ccc3[se]ccc32)cc1. The van der Waals surface area contributed by atoms with Crippen molar-refractivity contribution < 1.29 is 0 Å². The molecule has 3 heteroatoms. The van der Waals surface area contributed by atoms with Crippen molar-refractivity contribution in [1.29, 1.82) is 0 Å². The summed E-state index contributed by atoms with van der Waals surface area (Å²) < 4.78 is 4.84. The van der Waals surface area contributed by atoms with Crippen LogP contribution in [0.5, 0.6) is 0 Å². The van der Waals surface area contributed by atoms with Crippen LogP contribution in [0.1, 0.15) is 0 Å². The maximum atomic E-state index is 3.45. The molecule has 2 heterocycles. The molecule has 0 unspecified atom stereocenters. The Morgan fingerprint density at radius 2 is 1.80 bits per heavy atom. The molecule has 0 aliphatic rings. The molecule has 15 heavy (non-hydrogen) atoms. The molecular weight excluding hydrogens is 317 g/mol. The van der Waals surface area contributed by atoms with Crippen LogP contribution in [-0.2, 0) is 0 Å². The van der Waals surface area contributed by atoms with Crippen LogP contribution in [-0.4, -0.2) is 19.1 Å². The quantitative estimate of drug-likeness (QED) is 0.604. The summed E-state index contributed by atoms with van der Waals surface area (Å²) in [5.41, 5.74) is 2.57. The van der Waals surface area contributed by atoms with Gasteiger partial charge in [-0.2, -0.15) is 0 Å². The number of benzene rings is 1. The summed E-state index contributed by atoms with van der Waals surface area (Å²) in [5, 5.41) is 0. The Morgan fingerprint density at radius 1 is 1.00 bits per heavy atom.